The fourth-order valence-corrected chi connectivity index (χ4v) is 0.933. The van der Waals surface area contributed by atoms with Crippen LogP contribution in [0.15, 0.2) is 0 Å². The largest absolute Gasteiger partial charge is 0.381 e. The van der Waals surface area contributed by atoms with Gasteiger partial charge < -0.3 is 10.1 Å². The van der Waals surface area contributed by atoms with E-state index in [0.29, 0.717) is 25.6 Å². The molecule has 4 heteroatoms. The highest BCUT2D eigenvalue weighted by molar-refractivity contribution is 7.80. The highest BCUT2D eigenvalue weighted by atomic mass is 32.1. The number of carbonyl (C=O) groups is 1. The van der Waals surface area contributed by atoms with Crippen molar-refractivity contribution in [2.24, 2.45) is 5.92 Å². The minimum absolute atomic E-state index is 0.00810. The summed E-state index contributed by atoms with van der Waals surface area (Å²) in [6.45, 7) is 7.18. The summed E-state index contributed by atoms with van der Waals surface area (Å²) in [7, 11) is 0. The molecule has 0 fully saturated rings. The van der Waals surface area contributed by atoms with Crippen molar-refractivity contribution >= 4 is 18.5 Å². The zero-order chi connectivity index (χ0) is 10.3. The molecule has 0 bridgehead atoms. The van der Waals surface area contributed by atoms with Crippen molar-refractivity contribution in [2.45, 2.75) is 32.6 Å². The summed E-state index contributed by atoms with van der Waals surface area (Å²) in [4.78, 5) is 11.1. The molecule has 0 saturated carbocycles. The van der Waals surface area contributed by atoms with Crippen LogP contribution in [-0.2, 0) is 9.53 Å². The van der Waals surface area contributed by atoms with E-state index in [1.165, 1.54) is 0 Å². The monoisotopic (exact) mass is 205 g/mol. The van der Waals surface area contributed by atoms with Gasteiger partial charge in [0.05, 0.1) is 12.0 Å². The smallest absolute Gasteiger partial charge is 0.223 e. The average molecular weight is 205 g/mol. The molecule has 1 amide bonds. The molecule has 0 aromatic rings. The number of amides is 1. The SMILES string of the molecule is CC(C)COCCC(=O)NC(C)S. The van der Waals surface area contributed by atoms with Gasteiger partial charge in [0, 0.05) is 13.0 Å². The fourth-order valence-electron chi connectivity index (χ4n) is 0.789. The van der Waals surface area contributed by atoms with Crippen LogP contribution < -0.4 is 5.32 Å². The Morgan fingerprint density at radius 2 is 2.08 bits per heavy atom. The second-order valence-corrected chi connectivity index (χ2v) is 4.24. The van der Waals surface area contributed by atoms with Crippen LogP contribution in [-0.4, -0.2) is 24.5 Å². The number of thiol groups is 1. The Morgan fingerprint density at radius 1 is 1.46 bits per heavy atom. The Bertz CT molecular complexity index is 149. The van der Waals surface area contributed by atoms with Crippen molar-refractivity contribution < 1.29 is 9.53 Å². The van der Waals surface area contributed by atoms with Crippen molar-refractivity contribution in [2.75, 3.05) is 13.2 Å². The normalized spacial score (nSPS) is 13.0. The molecule has 0 spiro atoms. The highest BCUT2D eigenvalue weighted by Crippen LogP contribution is 1.94. The maximum absolute atomic E-state index is 11.1. The van der Waals surface area contributed by atoms with E-state index in [1.807, 2.05) is 6.92 Å². The second kappa shape index (κ2) is 7.21. The van der Waals surface area contributed by atoms with E-state index in [0.717, 1.165) is 0 Å². The molecule has 78 valence electrons. The number of hydrogen-bond acceptors (Lipinski definition) is 3. The molecule has 0 aromatic carbocycles. The first-order valence-electron chi connectivity index (χ1n) is 4.57. The summed E-state index contributed by atoms with van der Waals surface area (Å²) >= 11 is 4.04. The van der Waals surface area contributed by atoms with Crippen molar-refractivity contribution in [3.63, 3.8) is 0 Å². The van der Waals surface area contributed by atoms with Crippen LogP contribution in [0.3, 0.4) is 0 Å². The van der Waals surface area contributed by atoms with Gasteiger partial charge in [-0.25, -0.2) is 0 Å². The summed E-state index contributed by atoms with van der Waals surface area (Å²) in [5.74, 6) is 0.512. The van der Waals surface area contributed by atoms with E-state index in [4.69, 9.17) is 4.74 Å². The van der Waals surface area contributed by atoms with Crippen molar-refractivity contribution in [3.8, 4) is 0 Å². The molecule has 1 atom stereocenters. The molecule has 0 heterocycles. The molecule has 0 aliphatic rings. The summed E-state index contributed by atoms with van der Waals surface area (Å²) in [6, 6.07) is 0. The third kappa shape index (κ3) is 9.70. The predicted molar refractivity (Wildman–Crippen MR) is 56.9 cm³/mol. The molecular formula is C9H19NO2S. The number of hydrogen-bond donors (Lipinski definition) is 2. The topological polar surface area (TPSA) is 38.3 Å². The Labute approximate surface area is 85.6 Å². The Balaban J connectivity index is 3.27. The van der Waals surface area contributed by atoms with E-state index in [-0.39, 0.29) is 11.3 Å². The van der Waals surface area contributed by atoms with Gasteiger partial charge in [-0.2, -0.15) is 12.6 Å². The first kappa shape index (κ1) is 12.8. The van der Waals surface area contributed by atoms with E-state index >= 15 is 0 Å². The van der Waals surface area contributed by atoms with Gasteiger partial charge in [-0.3, -0.25) is 4.79 Å². The van der Waals surface area contributed by atoms with Gasteiger partial charge in [0.25, 0.3) is 0 Å². The molecule has 0 saturated heterocycles. The first-order valence-corrected chi connectivity index (χ1v) is 5.09. The quantitative estimate of drug-likeness (QED) is 0.391. The summed E-state index contributed by atoms with van der Waals surface area (Å²) in [5, 5.41) is 2.59. The minimum atomic E-state index is -0.0856. The number of ether oxygens (including phenoxy) is 1. The van der Waals surface area contributed by atoms with Gasteiger partial charge in [0.1, 0.15) is 0 Å². The molecule has 1 N–H and O–H groups in total. The van der Waals surface area contributed by atoms with Crippen molar-refractivity contribution in [1.29, 1.82) is 0 Å². The van der Waals surface area contributed by atoms with Crippen molar-refractivity contribution in [1.82, 2.24) is 5.32 Å². The van der Waals surface area contributed by atoms with Crippen LogP contribution >= 0.6 is 12.6 Å². The average Bonchev–Trinajstić information content (AvgIpc) is 1.96. The molecule has 0 aromatic heterocycles. The van der Waals surface area contributed by atoms with Crippen molar-refractivity contribution in [3.05, 3.63) is 0 Å². The number of rotatable bonds is 6. The maximum atomic E-state index is 11.1. The lowest BCUT2D eigenvalue weighted by Gasteiger charge is -2.08. The summed E-state index contributed by atoms with van der Waals surface area (Å²) in [5.41, 5.74) is 0. The molecule has 3 nitrogen and oxygen atoms in total. The van der Waals surface area contributed by atoms with E-state index in [1.54, 1.807) is 0 Å². The van der Waals surface area contributed by atoms with Crippen LogP contribution in [0.1, 0.15) is 27.2 Å². The van der Waals surface area contributed by atoms with Crippen LogP contribution in [0.2, 0.25) is 0 Å². The highest BCUT2D eigenvalue weighted by Gasteiger charge is 2.03. The zero-order valence-corrected chi connectivity index (χ0v) is 9.43. The van der Waals surface area contributed by atoms with Crippen LogP contribution in [0.5, 0.6) is 0 Å². The lowest BCUT2D eigenvalue weighted by atomic mass is 10.2. The Hall–Kier alpha value is -0.220. The van der Waals surface area contributed by atoms with Gasteiger partial charge in [-0.15, -0.1) is 0 Å². The molecule has 0 radical (unpaired) electrons. The van der Waals surface area contributed by atoms with E-state index in [2.05, 4.69) is 31.8 Å². The standard InChI is InChI=1S/C9H19NO2S/c1-7(2)6-12-5-4-9(11)10-8(3)13/h7-8,13H,4-6H2,1-3H3,(H,10,11). The molecule has 0 rings (SSSR count). The van der Waals surface area contributed by atoms with Gasteiger partial charge >= 0.3 is 0 Å². The fraction of sp³-hybridized carbons (Fsp3) is 0.889. The molecule has 1 unspecified atom stereocenters. The van der Waals surface area contributed by atoms with Crippen LogP contribution in [0.25, 0.3) is 0 Å². The van der Waals surface area contributed by atoms with Gasteiger partial charge in [-0.1, -0.05) is 13.8 Å². The third-order valence-corrected chi connectivity index (χ3v) is 1.42. The van der Waals surface area contributed by atoms with Gasteiger partial charge in [0.15, 0.2) is 0 Å². The number of nitrogens with one attached hydrogen (secondary N) is 1. The lowest BCUT2D eigenvalue weighted by Crippen LogP contribution is -2.29. The van der Waals surface area contributed by atoms with Crippen LogP contribution in [0.4, 0.5) is 0 Å². The van der Waals surface area contributed by atoms with E-state index in [9.17, 15) is 4.79 Å². The molecule has 0 aliphatic heterocycles. The van der Waals surface area contributed by atoms with Crippen LogP contribution in [0, 0.1) is 5.92 Å². The molecular weight excluding hydrogens is 186 g/mol. The zero-order valence-electron chi connectivity index (χ0n) is 8.54. The summed E-state index contributed by atoms with van der Waals surface area (Å²) in [6.07, 6.45) is 0.414. The third-order valence-electron chi connectivity index (χ3n) is 1.29. The van der Waals surface area contributed by atoms with Gasteiger partial charge in [0.2, 0.25) is 5.91 Å². The second-order valence-electron chi connectivity index (χ2n) is 3.46. The predicted octanol–water partition coefficient (Wildman–Crippen LogP) is 1.44. The Morgan fingerprint density at radius 3 is 2.54 bits per heavy atom. The molecule has 0 aliphatic carbocycles. The summed E-state index contributed by atoms with van der Waals surface area (Å²) < 4.78 is 5.26. The first-order chi connectivity index (χ1) is 6.02. The lowest BCUT2D eigenvalue weighted by molar-refractivity contribution is -0.122. The van der Waals surface area contributed by atoms with E-state index < -0.39 is 0 Å². The minimum Gasteiger partial charge on any atom is -0.381 e. The van der Waals surface area contributed by atoms with Gasteiger partial charge in [-0.05, 0) is 12.8 Å². The maximum Gasteiger partial charge on any atom is 0.223 e. The number of carbonyl (C=O) groups excluding carboxylic acids is 1. The molecule has 13 heavy (non-hydrogen) atoms. The Kier molecular flexibility index (Phi) is 7.09.